The van der Waals surface area contributed by atoms with Gasteiger partial charge in [0.05, 0.1) is 21.2 Å². The lowest BCUT2D eigenvalue weighted by molar-refractivity contribution is -0.385. The van der Waals surface area contributed by atoms with Crippen molar-refractivity contribution >= 4 is 58.5 Å². The van der Waals surface area contributed by atoms with Crippen molar-refractivity contribution < 1.29 is 37.2 Å². The Morgan fingerprint density at radius 2 is 1.66 bits per heavy atom. The highest BCUT2D eigenvalue weighted by atomic mass is 35.5. The Labute approximate surface area is 221 Å². The van der Waals surface area contributed by atoms with Crippen LogP contribution in [0.15, 0.2) is 66.2 Å². The predicted octanol–water partition coefficient (Wildman–Crippen LogP) is 6.38. The molecule has 1 heterocycles. The SMILES string of the molecule is O=C1NC(=O)N(c2ccccc2Cl)C(=O)/C1=C/c1cc(Cl)ccc1Oc1ccc(C(F)(F)F)cc1[N+](=O)[O-]. The Morgan fingerprint density at radius 3 is 2.32 bits per heavy atom. The van der Waals surface area contributed by atoms with Gasteiger partial charge in [-0.25, -0.2) is 9.69 Å². The van der Waals surface area contributed by atoms with Crippen molar-refractivity contribution in [2.24, 2.45) is 0 Å². The van der Waals surface area contributed by atoms with Gasteiger partial charge in [-0.1, -0.05) is 35.3 Å². The Bertz CT molecular complexity index is 1540. The summed E-state index contributed by atoms with van der Waals surface area (Å²) in [6.07, 6.45) is -3.82. The Kier molecular flexibility index (Phi) is 7.11. The van der Waals surface area contributed by atoms with Gasteiger partial charge in [0, 0.05) is 16.7 Å². The fraction of sp³-hybridized carbons (Fsp3) is 0.0417. The number of nitro benzene ring substituents is 1. The van der Waals surface area contributed by atoms with Gasteiger partial charge in [0.1, 0.15) is 11.3 Å². The number of nitrogens with zero attached hydrogens (tertiary/aromatic N) is 2. The first-order valence-electron chi connectivity index (χ1n) is 10.4. The minimum Gasteiger partial charge on any atom is -0.449 e. The van der Waals surface area contributed by atoms with Crippen LogP contribution >= 0.6 is 23.2 Å². The molecule has 194 valence electrons. The smallest absolute Gasteiger partial charge is 0.416 e. The molecule has 14 heteroatoms. The Balaban J connectivity index is 1.78. The number of carbonyl (C=O) groups excluding carboxylic acids is 3. The van der Waals surface area contributed by atoms with E-state index >= 15 is 0 Å². The van der Waals surface area contributed by atoms with E-state index in [4.69, 9.17) is 27.9 Å². The molecule has 1 saturated heterocycles. The highest BCUT2D eigenvalue weighted by molar-refractivity contribution is 6.42. The van der Waals surface area contributed by atoms with Crippen LogP contribution in [0, 0.1) is 10.1 Å². The summed E-state index contributed by atoms with van der Waals surface area (Å²) in [5, 5.41) is 13.6. The monoisotopic (exact) mass is 565 g/mol. The number of urea groups is 1. The van der Waals surface area contributed by atoms with Crippen LogP contribution < -0.4 is 15.0 Å². The summed E-state index contributed by atoms with van der Waals surface area (Å²) < 4.78 is 44.7. The summed E-state index contributed by atoms with van der Waals surface area (Å²) in [7, 11) is 0. The number of hydrogen-bond donors (Lipinski definition) is 1. The fourth-order valence-corrected chi connectivity index (χ4v) is 3.83. The summed E-state index contributed by atoms with van der Waals surface area (Å²) in [4.78, 5) is 49.2. The van der Waals surface area contributed by atoms with Crippen LogP contribution in [0.4, 0.5) is 29.3 Å². The van der Waals surface area contributed by atoms with E-state index in [0.717, 1.165) is 12.1 Å². The molecule has 1 N–H and O–H groups in total. The van der Waals surface area contributed by atoms with Crippen LogP contribution in [0.25, 0.3) is 6.08 Å². The molecule has 1 aliphatic rings. The van der Waals surface area contributed by atoms with E-state index in [1.807, 2.05) is 5.32 Å². The molecule has 38 heavy (non-hydrogen) atoms. The second kappa shape index (κ2) is 10.1. The van der Waals surface area contributed by atoms with Gasteiger partial charge in [-0.2, -0.15) is 13.2 Å². The zero-order valence-corrected chi connectivity index (χ0v) is 20.1. The van der Waals surface area contributed by atoms with Gasteiger partial charge in [0.2, 0.25) is 5.75 Å². The summed E-state index contributed by atoms with van der Waals surface area (Å²) in [5.41, 5.74) is -2.82. The van der Waals surface area contributed by atoms with Crippen molar-refractivity contribution in [3.8, 4) is 11.5 Å². The number of halogens is 5. The molecule has 4 rings (SSSR count). The lowest BCUT2D eigenvalue weighted by Crippen LogP contribution is -2.54. The number of alkyl halides is 3. The van der Waals surface area contributed by atoms with Gasteiger partial charge in [0.25, 0.3) is 11.8 Å². The molecule has 0 spiro atoms. The van der Waals surface area contributed by atoms with E-state index in [9.17, 15) is 37.7 Å². The molecule has 9 nitrogen and oxygen atoms in total. The topological polar surface area (TPSA) is 119 Å². The number of hydrogen-bond acceptors (Lipinski definition) is 6. The first-order valence-corrected chi connectivity index (χ1v) is 11.1. The Hall–Kier alpha value is -4.42. The summed E-state index contributed by atoms with van der Waals surface area (Å²) in [6, 6.07) is 10.3. The highest BCUT2D eigenvalue weighted by Gasteiger charge is 2.38. The number of benzene rings is 3. The van der Waals surface area contributed by atoms with Gasteiger partial charge < -0.3 is 4.74 Å². The number of imide groups is 2. The van der Waals surface area contributed by atoms with Crippen LogP contribution in [-0.2, 0) is 15.8 Å². The summed E-state index contributed by atoms with van der Waals surface area (Å²) in [5.74, 6) is -2.84. The van der Waals surface area contributed by atoms with Crippen molar-refractivity contribution in [2.75, 3.05) is 4.90 Å². The molecular formula is C24H12Cl2F3N3O6. The second-order valence-electron chi connectivity index (χ2n) is 7.63. The zero-order valence-electron chi connectivity index (χ0n) is 18.6. The predicted molar refractivity (Wildman–Crippen MR) is 130 cm³/mol. The molecule has 0 unspecified atom stereocenters. The largest absolute Gasteiger partial charge is 0.449 e. The number of nitro groups is 1. The number of anilines is 1. The molecule has 1 aliphatic heterocycles. The van der Waals surface area contributed by atoms with E-state index in [0.29, 0.717) is 17.0 Å². The van der Waals surface area contributed by atoms with E-state index in [2.05, 4.69) is 0 Å². The van der Waals surface area contributed by atoms with Crippen LogP contribution in [-0.4, -0.2) is 22.8 Å². The van der Waals surface area contributed by atoms with Crippen molar-refractivity contribution in [1.82, 2.24) is 5.32 Å². The van der Waals surface area contributed by atoms with Crippen LogP contribution in [0.1, 0.15) is 11.1 Å². The molecule has 0 aromatic heterocycles. The average molecular weight is 566 g/mol. The van der Waals surface area contributed by atoms with Crippen LogP contribution in [0.2, 0.25) is 10.0 Å². The van der Waals surface area contributed by atoms with Gasteiger partial charge in [-0.3, -0.25) is 25.0 Å². The molecule has 0 radical (unpaired) electrons. The third kappa shape index (κ3) is 5.31. The van der Waals surface area contributed by atoms with Crippen molar-refractivity contribution in [3.05, 3.63) is 97.5 Å². The number of ether oxygens (including phenoxy) is 1. The minimum atomic E-state index is -4.83. The molecule has 0 aliphatic carbocycles. The summed E-state index contributed by atoms with van der Waals surface area (Å²) >= 11 is 12.2. The standard InChI is InChI=1S/C24H12Cl2F3N3O6/c25-14-6-8-19(38-20-7-5-13(24(27,28)29)11-18(20)32(36)37)12(9-14)10-15-21(33)30-23(35)31(22(15)34)17-4-2-1-3-16(17)26/h1-11H,(H,30,33,35)/b15-10+. The lowest BCUT2D eigenvalue weighted by Gasteiger charge is -2.27. The fourth-order valence-electron chi connectivity index (χ4n) is 3.43. The zero-order chi connectivity index (χ0) is 27.8. The third-order valence-corrected chi connectivity index (χ3v) is 5.72. The van der Waals surface area contributed by atoms with Crippen LogP contribution in [0.5, 0.6) is 11.5 Å². The third-order valence-electron chi connectivity index (χ3n) is 5.17. The number of carbonyl (C=O) groups is 3. The minimum absolute atomic E-state index is 0.00184. The van der Waals surface area contributed by atoms with Gasteiger partial charge in [-0.05, 0) is 48.5 Å². The number of nitrogens with one attached hydrogen (secondary N) is 1. The molecule has 0 atom stereocenters. The van der Waals surface area contributed by atoms with E-state index in [-0.39, 0.29) is 27.0 Å². The quantitative estimate of drug-likeness (QED) is 0.166. The number of rotatable bonds is 5. The number of amides is 4. The Morgan fingerprint density at radius 1 is 0.974 bits per heavy atom. The van der Waals surface area contributed by atoms with Gasteiger partial charge in [0.15, 0.2) is 0 Å². The van der Waals surface area contributed by atoms with E-state index in [1.54, 1.807) is 6.07 Å². The average Bonchev–Trinajstić information content (AvgIpc) is 2.83. The first kappa shape index (κ1) is 26.6. The first-order chi connectivity index (χ1) is 17.9. The molecule has 1 fully saturated rings. The van der Waals surface area contributed by atoms with Crippen molar-refractivity contribution in [1.29, 1.82) is 0 Å². The second-order valence-corrected chi connectivity index (χ2v) is 8.47. The maximum Gasteiger partial charge on any atom is 0.416 e. The van der Waals surface area contributed by atoms with E-state index in [1.165, 1.54) is 36.4 Å². The maximum absolute atomic E-state index is 13.2. The number of para-hydroxylation sites is 1. The van der Waals surface area contributed by atoms with Gasteiger partial charge >= 0.3 is 17.9 Å². The van der Waals surface area contributed by atoms with Crippen molar-refractivity contribution in [3.63, 3.8) is 0 Å². The summed E-state index contributed by atoms with van der Waals surface area (Å²) in [6.45, 7) is 0. The maximum atomic E-state index is 13.2. The molecule has 4 amide bonds. The number of barbiturate groups is 1. The molecule has 3 aromatic carbocycles. The molecular weight excluding hydrogens is 554 g/mol. The lowest BCUT2D eigenvalue weighted by atomic mass is 10.1. The van der Waals surface area contributed by atoms with Gasteiger partial charge in [-0.15, -0.1) is 0 Å². The van der Waals surface area contributed by atoms with Crippen molar-refractivity contribution in [2.45, 2.75) is 6.18 Å². The highest BCUT2D eigenvalue weighted by Crippen LogP contribution is 2.39. The van der Waals surface area contributed by atoms with E-state index < -0.39 is 51.5 Å². The molecule has 3 aromatic rings. The molecule has 0 saturated carbocycles. The normalized spacial score (nSPS) is 15.0. The molecule has 0 bridgehead atoms. The van der Waals surface area contributed by atoms with Crippen LogP contribution in [0.3, 0.4) is 0 Å².